The van der Waals surface area contributed by atoms with Gasteiger partial charge in [-0.25, -0.2) is 0 Å². The Morgan fingerprint density at radius 3 is 2.81 bits per heavy atom. The highest BCUT2D eigenvalue weighted by Gasteiger charge is 2.00. The SMILES string of the molecule is CCCNCCN(C)Cc1cccc(Br)c1. The summed E-state index contributed by atoms with van der Waals surface area (Å²) >= 11 is 3.49. The lowest BCUT2D eigenvalue weighted by molar-refractivity contribution is 0.324. The minimum atomic E-state index is 1.01. The van der Waals surface area contributed by atoms with Gasteiger partial charge in [0.2, 0.25) is 0 Å². The van der Waals surface area contributed by atoms with Gasteiger partial charge in [0.15, 0.2) is 0 Å². The van der Waals surface area contributed by atoms with E-state index >= 15 is 0 Å². The molecule has 0 aliphatic rings. The molecule has 0 bridgehead atoms. The first kappa shape index (κ1) is 13.7. The first-order valence-corrected chi connectivity index (χ1v) is 6.65. The maximum atomic E-state index is 3.49. The Hall–Kier alpha value is -0.380. The van der Waals surface area contributed by atoms with E-state index in [2.05, 4.69) is 64.4 Å². The van der Waals surface area contributed by atoms with Crippen LogP contribution in [0, 0.1) is 0 Å². The van der Waals surface area contributed by atoms with Gasteiger partial charge >= 0.3 is 0 Å². The number of benzene rings is 1. The van der Waals surface area contributed by atoms with Crippen molar-refractivity contribution < 1.29 is 0 Å². The van der Waals surface area contributed by atoms with Crippen LogP contribution in [-0.4, -0.2) is 31.6 Å². The molecule has 0 spiro atoms. The molecule has 3 heteroatoms. The van der Waals surface area contributed by atoms with Crippen molar-refractivity contribution in [1.29, 1.82) is 0 Å². The van der Waals surface area contributed by atoms with Gasteiger partial charge in [0.1, 0.15) is 0 Å². The van der Waals surface area contributed by atoms with E-state index in [9.17, 15) is 0 Å². The monoisotopic (exact) mass is 284 g/mol. The minimum absolute atomic E-state index is 1.01. The quantitative estimate of drug-likeness (QED) is 0.775. The molecule has 90 valence electrons. The van der Waals surface area contributed by atoms with Gasteiger partial charge in [-0.1, -0.05) is 35.0 Å². The Labute approximate surface area is 107 Å². The average molecular weight is 285 g/mol. The molecular weight excluding hydrogens is 264 g/mol. The van der Waals surface area contributed by atoms with Crippen LogP contribution >= 0.6 is 15.9 Å². The molecule has 0 aromatic heterocycles. The number of hydrogen-bond donors (Lipinski definition) is 1. The van der Waals surface area contributed by atoms with E-state index in [1.54, 1.807) is 0 Å². The fraction of sp³-hybridized carbons (Fsp3) is 0.538. The summed E-state index contributed by atoms with van der Waals surface area (Å²) in [4.78, 5) is 2.34. The number of nitrogens with one attached hydrogen (secondary N) is 1. The molecule has 0 unspecified atom stereocenters. The van der Waals surface area contributed by atoms with Gasteiger partial charge in [-0.05, 0) is 37.7 Å². The Kier molecular flexibility index (Phi) is 6.69. The van der Waals surface area contributed by atoms with Gasteiger partial charge in [-0.2, -0.15) is 0 Å². The van der Waals surface area contributed by atoms with Crippen molar-refractivity contribution >= 4 is 15.9 Å². The number of nitrogens with zero attached hydrogens (tertiary/aromatic N) is 1. The van der Waals surface area contributed by atoms with E-state index in [1.165, 1.54) is 12.0 Å². The molecule has 1 rings (SSSR count). The lowest BCUT2D eigenvalue weighted by atomic mass is 10.2. The van der Waals surface area contributed by atoms with E-state index in [1.807, 2.05) is 0 Å². The molecule has 2 nitrogen and oxygen atoms in total. The Bertz CT molecular complexity index is 302. The summed E-state index contributed by atoms with van der Waals surface area (Å²) in [6.07, 6.45) is 1.20. The van der Waals surface area contributed by atoms with Crippen LogP contribution < -0.4 is 5.32 Å². The average Bonchev–Trinajstić information content (AvgIpc) is 2.24. The van der Waals surface area contributed by atoms with E-state index in [-0.39, 0.29) is 0 Å². The lowest BCUT2D eigenvalue weighted by Crippen LogP contribution is -2.29. The van der Waals surface area contributed by atoms with Crippen LogP contribution in [0.5, 0.6) is 0 Å². The summed E-state index contributed by atoms with van der Waals surface area (Å²) in [5.41, 5.74) is 1.35. The van der Waals surface area contributed by atoms with E-state index < -0.39 is 0 Å². The summed E-state index contributed by atoms with van der Waals surface area (Å²) in [6.45, 7) is 6.47. The smallest absolute Gasteiger partial charge is 0.0231 e. The van der Waals surface area contributed by atoms with Gasteiger partial charge in [0, 0.05) is 24.1 Å². The molecular formula is C13H21BrN2. The van der Waals surface area contributed by atoms with Crippen molar-refractivity contribution in [1.82, 2.24) is 10.2 Å². The molecule has 0 aliphatic heterocycles. The highest BCUT2D eigenvalue weighted by molar-refractivity contribution is 9.10. The fourth-order valence-corrected chi connectivity index (χ4v) is 2.04. The second-order valence-electron chi connectivity index (χ2n) is 4.12. The zero-order valence-corrected chi connectivity index (χ0v) is 11.8. The summed E-state index contributed by atoms with van der Waals surface area (Å²) < 4.78 is 1.16. The molecule has 0 aliphatic carbocycles. The molecule has 1 aromatic carbocycles. The van der Waals surface area contributed by atoms with Gasteiger partial charge in [-0.15, -0.1) is 0 Å². The first-order valence-electron chi connectivity index (χ1n) is 5.86. The summed E-state index contributed by atoms with van der Waals surface area (Å²) in [5, 5.41) is 3.41. The standard InChI is InChI=1S/C13H21BrN2/c1-3-7-15-8-9-16(2)11-12-5-4-6-13(14)10-12/h4-6,10,15H,3,7-9,11H2,1-2H3. The Morgan fingerprint density at radius 2 is 2.12 bits per heavy atom. The van der Waals surface area contributed by atoms with Crippen molar-refractivity contribution in [2.24, 2.45) is 0 Å². The van der Waals surface area contributed by atoms with Crippen molar-refractivity contribution in [3.63, 3.8) is 0 Å². The topological polar surface area (TPSA) is 15.3 Å². The third-order valence-corrected chi connectivity index (χ3v) is 2.93. The molecule has 0 saturated heterocycles. The predicted octanol–water partition coefficient (Wildman–Crippen LogP) is 2.88. The van der Waals surface area contributed by atoms with Crippen LogP contribution in [0.1, 0.15) is 18.9 Å². The molecule has 1 N–H and O–H groups in total. The second-order valence-corrected chi connectivity index (χ2v) is 5.03. The lowest BCUT2D eigenvalue weighted by Gasteiger charge is -2.17. The van der Waals surface area contributed by atoms with Gasteiger partial charge in [0.05, 0.1) is 0 Å². The molecule has 0 fully saturated rings. The molecule has 16 heavy (non-hydrogen) atoms. The maximum absolute atomic E-state index is 3.49. The van der Waals surface area contributed by atoms with E-state index in [0.29, 0.717) is 0 Å². The zero-order valence-electron chi connectivity index (χ0n) is 10.2. The third-order valence-electron chi connectivity index (χ3n) is 2.44. The van der Waals surface area contributed by atoms with Gasteiger partial charge < -0.3 is 10.2 Å². The number of rotatable bonds is 7. The molecule has 0 heterocycles. The van der Waals surface area contributed by atoms with Crippen LogP contribution in [0.3, 0.4) is 0 Å². The van der Waals surface area contributed by atoms with Crippen LogP contribution in [0.2, 0.25) is 0 Å². The number of hydrogen-bond acceptors (Lipinski definition) is 2. The highest BCUT2D eigenvalue weighted by Crippen LogP contribution is 2.12. The van der Waals surface area contributed by atoms with Gasteiger partial charge in [0.25, 0.3) is 0 Å². The fourth-order valence-electron chi connectivity index (χ4n) is 1.60. The molecule has 1 aromatic rings. The van der Waals surface area contributed by atoms with Crippen LogP contribution in [0.4, 0.5) is 0 Å². The second kappa shape index (κ2) is 7.82. The van der Waals surface area contributed by atoms with Crippen LogP contribution in [0.15, 0.2) is 28.7 Å². The van der Waals surface area contributed by atoms with Crippen LogP contribution in [0.25, 0.3) is 0 Å². The molecule has 0 saturated carbocycles. The largest absolute Gasteiger partial charge is 0.315 e. The maximum Gasteiger partial charge on any atom is 0.0231 e. The molecule has 0 radical (unpaired) electrons. The third kappa shape index (κ3) is 5.64. The zero-order chi connectivity index (χ0) is 11.8. The predicted molar refractivity (Wildman–Crippen MR) is 73.6 cm³/mol. The first-order chi connectivity index (χ1) is 7.72. The normalized spacial score (nSPS) is 11.0. The van der Waals surface area contributed by atoms with Gasteiger partial charge in [-0.3, -0.25) is 0 Å². The Balaban J connectivity index is 2.25. The summed E-state index contributed by atoms with van der Waals surface area (Å²) in [6, 6.07) is 8.49. The molecule has 0 amide bonds. The van der Waals surface area contributed by atoms with E-state index in [0.717, 1.165) is 30.7 Å². The number of halogens is 1. The Morgan fingerprint density at radius 1 is 1.31 bits per heavy atom. The van der Waals surface area contributed by atoms with Crippen molar-refractivity contribution in [2.45, 2.75) is 19.9 Å². The van der Waals surface area contributed by atoms with Crippen molar-refractivity contribution in [3.8, 4) is 0 Å². The van der Waals surface area contributed by atoms with Crippen LogP contribution in [-0.2, 0) is 6.54 Å². The number of likely N-dealkylation sites (N-methyl/N-ethyl adjacent to an activating group) is 1. The summed E-state index contributed by atoms with van der Waals surface area (Å²) in [7, 11) is 2.16. The summed E-state index contributed by atoms with van der Waals surface area (Å²) in [5.74, 6) is 0. The van der Waals surface area contributed by atoms with Crippen molar-refractivity contribution in [2.75, 3.05) is 26.7 Å². The van der Waals surface area contributed by atoms with Crippen molar-refractivity contribution in [3.05, 3.63) is 34.3 Å². The molecule has 0 atom stereocenters. The van der Waals surface area contributed by atoms with E-state index in [4.69, 9.17) is 0 Å². The minimum Gasteiger partial charge on any atom is -0.315 e. The highest BCUT2D eigenvalue weighted by atomic mass is 79.9.